The van der Waals surface area contributed by atoms with Crippen LogP contribution >= 0.6 is 0 Å². The van der Waals surface area contributed by atoms with Crippen molar-refractivity contribution in [3.8, 4) is 11.5 Å². The van der Waals surface area contributed by atoms with Crippen LogP contribution in [0, 0.1) is 6.92 Å². The second-order valence-corrected chi connectivity index (χ2v) is 7.21. The fourth-order valence-corrected chi connectivity index (χ4v) is 3.37. The van der Waals surface area contributed by atoms with Gasteiger partial charge in [0.2, 0.25) is 0 Å². The van der Waals surface area contributed by atoms with E-state index in [1.54, 1.807) is 12.1 Å². The maximum absolute atomic E-state index is 12.6. The van der Waals surface area contributed by atoms with Crippen LogP contribution in [0.15, 0.2) is 41.3 Å². The number of aryl methyl sites for hydroxylation is 1. The Balaban J connectivity index is 2.55. The highest BCUT2D eigenvalue weighted by atomic mass is 32.2. The van der Waals surface area contributed by atoms with Crippen molar-refractivity contribution in [2.24, 2.45) is 5.73 Å². The predicted molar refractivity (Wildman–Crippen MR) is 96.1 cm³/mol. The van der Waals surface area contributed by atoms with Crippen molar-refractivity contribution in [3.05, 3.63) is 47.5 Å². The third kappa shape index (κ3) is 4.06. The average Bonchev–Trinajstić information content (AvgIpc) is 2.60. The van der Waals surface area contributed by atoms with Crippen molar-refractivity contribution in [3.63, 3.8) is 0 Å². The van der Waals surface area contributed by atoms with Crippen LogP contribution in [0.4, 0.5) is 5.69 Å². The molecule has 2 rings (SSSR count). The Kier molecular flexibility index (Phi) is 5.73. The zero-order chi connectivity index (χ0) is 19.5. The molecule has 140 valence electrons. The first-order valence-electron chi connectivity index (χ1n) is 7.53. The molecule has 4 N–H and O–H groups in total. The number of aliphatic carboxylic acids is 1. The minimum Gasteiger partial charge on any atom is -0.493 e. The van der Waals surface area contributed by atoms with Crippen molar-refractivity contribution in [2.75, 3.05) is 18.9 Å². The van der Waals surface area contributed by atoms with Gasteiger partial charge in [0.25, 0.3) is 10.0 Å². The molecular formula is C17H20N2O6S. The number of ether oxygens (including phenoxy) is 2. The van der Waals surface area contributed by atoms with Crippen LogP contribution in [0.5, 0.6) is 11.5 Å². The minimum atomic E-state index is -3.95. The summed E-state index contributed by atoms with van der Waals surface area (Å²) in [7, 11) is -1.19. The van der Waals surface area contributed by atoms with Crippen LogP contribution in [0.3, 0.4) is 0 Å². The lowest BCUT2D eigenvalue weighted by Crippen LogP contribution is -2.23. The Morgan fingerprint density at radius 2 is 1.65 bits per heavy atom. The van der Waals surface area contributed by atoms with Gasteiger partial charge < -0.3 is 20.3 Å². The van der Waals surface area contributed by atoms with Crippen molar-refractivity contribution >= 4 is 21.7 Å². The molecule has 0 radical (unpaired) electrons. The molecule has 2 aromatic carbocycles. The number of methoxy groups -OCH3 is 2. The molecule has 0 bridgehead atoms. The number of rotatable bonds is 7. The lowest BCUT2D eigenvalue weighted by Gasteiger charge is -2.18. The molecule has 0 heterocycles. The smallest absolute Gasteiger partial charge is 0.325 e. The van der Waals surface area contributed by atoms with E-state index in [2.05, 4.69) is 4.72 Å². The van der Waals surface area contributed by atoms with Gasteiger partial charge in [-0.15, -0.1) is 0 Å². The van der Waals surface area contributed by atoms with E-state index in [1.807, 2.05) is 6.92 Å². The first-order valence-corrected chi connectivity index (χ1v) is 9.01. The van der Waals surface area contributed by atoms with Crippen molar-refractivity contribution < 1.29 is 27.8 Å². The van der Waals surface area contributed by atoms with E-state index < -0.39 is 22.0 Å². The monoisotopic (exact) mass is 380 g/mol. The zero-order valence-corrected chi connectivity index (χ0v) is 15.3. The van der Waals surface area contributed by atoms with Crippen molar-refractivity contribution in [1.82, 2.24) is 0 Å². The molecule has 8 nitrogen and oxygen atoms in total. The first-order chi connectivity index (χ1) is 12.2. The molecule has 9 heteroatoms. The first kappa shape index (κ1) is 19.5. The van der Waals surface area contributed by atoms with Gasteiger partial charge in [0.05, 0.1) is 24.8 Å². The molecule has 26 heavy (non-hydrogen) atoms. The van der Waals surface area contributed by atoms with E-state index in [1.165, 1.54) is 38.5 Å². The van der Waals surface area contributed by atoms with Crippen molar-refractivity contribution in [2.45, 2.75) is 17.9 Å². The summed E-state index contributed by atoms with van der Waals surface area (Å²) in [4.78, 5) is 11.3. The number of nitrogens with one attached hydrogen (secondary N) is 1. The van der Waals surface area contributed by atoms with Crippen LogP contribution in [0.25, 0.3) is 0 Å². The summed E-state index contributed by atoms with van der Waals surface area (Å²) in [6.07, 6.45) is 0. The normalized spacial score (nSPS) is 12.3. The van der Waals surface area contributed by atoms with Crippen LogP contribution in [0.1, 0.15) is 17.2 Å². The van der Waals surface area contributed by atoms with E-state index in [4.69, 9.17) is 15.2 Å². The summed E-state index contributed by atoms with van der Waals surface area (Å²) in [5.74, 6) is -0.846. The van der Waals surface area contributed by atoms with E-state index in [9.17, 15) is 18.3 Å². The Morgan fingerprint density at radius 1 is 1.12 bits per heavy atom. The summed E-state index contributed by atoms with van der Waals surface area (Å²) >= 11 is 0. The molecule has 0 spiro atoms. The third-order valence-electron chi connectivity index (χ3n) is 3.73. The Hall–Kier alpha value is -2.78. The van der Waals surface area contributed by atoms with Gasteiger partial charge in [-0.25, -0.2) is 8.42 Å². The Morgan fingerprint density at radius 3 is 2.15 bits per heavy atom. The quantitative estimate of drug-likeness (QED) is 0.669. The average molecular weight is 380 g/mol. The van der Waals surface area contributed by atoms with Crippen LogP contribution < -0.4 is 19.9 Å². The van der Waals surface area contributed by atoms with Gasteiger partial charge in [-0.3, -0.25) is 9.52 Å². The summed E-state index contributed by atoms with van der Waals surface area (Å²) in [6.45, 7) is 1.84. The maximum atomic E-state index is 12.6. The van der Waals surface area contributed by atoms with E-state index >= 15 is 0 Å². The molecule has 0 aliphatic heterocycles. The van der Waals surface area contributed by atoms with Gasteiger partial charge in [0.15, 0.2) is 11.5 Å². The number of hydrogen-bond donors (Lipinski definition) is 3. The number of carboxylic acids is 1. The van der Waals surface area contributed by atoms with E-state index in [-0.39, 0.29) is 27.6 Å². The molecule has 0 aliphatic carbocycles. The Labute approximate surface area is 151 Å². The summed E-state index contributed by atoms with van der Waals surface area (Å²) in [5.41, 5.74) is 6.65. The van der Waals surface area contributed by atoms with Gasteiger partial charge in [-0.1, -0.05) is 17.7 Å². The number of nitrogens with two attached hydrogens (primary N) is 1. The van der Waals surface area contributed by atoms with Crippen LogP contribution in [-0.4, -0.2) is 33.7 Å². The zero-order valence-electron chi connectivity index (χ0n) is 14.5. The van der Waals surface area contributed by atoms with Gasteiger partial charge in [0, 0.05) is 11.6 Å². The van der Waals surface area contributed by atoms with Gasteiger partial charge >= 0.3 is 5.97 Å². The highest BCUT2D eigenvalue weighted by molar-refractivity contribution is 7.92. The summed E-state index contributed by atoms with van der Waals surface area (Å²) in [5, 5.41) is 9.22. The van der Waals surface area contributed by atoms with Crippen molar-refractivity contribution in [1.29, 1.82) is 0 Å². The van der Waals surface area contributed by atoms with E-state index in [0.29, 0.717) is 0 Å². The second-order valence-electron chi connectivity index (χ2n) is 5.53. The molecule has 0 unspecified atom stereocenters. The lowest BCUT2D eigenvalue weighted by molar-refractivity contribution is -0.138. The van der Waals surface area contributed by atoms with Gasteiger partial charge in [0.1, 0.15) is 6.04 Å². The standard InChI is InChI=1S/C17H20N2O6S/c1-10-4-6-11(7-5-10)26(22,23)19-13-9-15(25-3)14(24-2)8-12(13)16(18)17(20)21/h4-9,16,19H,18H2,1-3H3,(H,20,21)/t16-/m0/s1. The van der Waals surface area contributed by atoms with Crippen LogP contribution in [0.2, 0.25) is 0 Å². The SMILES string of the molecule is COc1cc(NS(=O)(=O)c2ccc(C)cc2)c([C@H](N)C(=O)O)cc1OC. The molecule has 0 aliphatic rings. The number of anilines is 1. The number of sulfonamides is 1. The predicted octanol–water partition coefficient (Wildman–Crippen LogP) is 1.90. The fourth-order valence-electron chi connectivity index (χ4n) is 2.29. The van der Waals surface area contributed by atoms with Gasteiger partial charge in [-0.2, -0.15) is 0 Å². The fraction of sp³-hybridized carbons (Fsp3) is 0.235. The minimum absolute atomic E-state index is 0.00174. The molecule has 0 aromatic heterocycles. The number of hydrogen-bond acceptors (Lipinski definition) is 6. The molecule has 2 aromatic rings. The molecular weight excluding hydrogens is 360 g/mol. The second kappa shape index (κ2) is 7.63. The number of carboxylic acid groups (broad SMARTS) is 1. The van der Waals surface area contributed by atoms with Gasteiger partial charge in [-0.05, 0) is 25.1 Å². The number of benzene rings is 2. The Bertz CT molecular complexity index is 910. The molecule has 0 saturated carbocycles. The maximum Gasteiger partial charge on any atom is 0.325 e. The molecule has 0 amide bonds. The summed E-state index contributed by atoms with van der Waals surface area (Å²) in [6, 6.07) is 7.45. The molecule has 0 fully saturated rings. The summed E-state index contributed by atoms with van der Waals surface area (Å²) < 4.78 is 38.0. The largest absolute Gasteiger partial charge is 0.493 e. The van der Waals surface area contributed by atoms with E-state index in [0.717, 1.165) is 5.56 Å². The molecule has 1 atom stereocenters. The highest BCUT2D eigenvalue weighted by Gasteiger charge is 2.24. The topological polar surface area (TPSA) is 128 Å². The number of carbonyl (C=O) groups is 1. The molecule has 0 saturated heterocycles. The highest BCUT2D eigenvalue weighted by Crippen LogP contribution is 2.36. The third-order valence-corrected chi connectivity index (χ3v) is 5.11. The lowest BCUT2D eigenvalue weighted by atomic mass is 10.0. The van der Waals surface area contributed by atoms with Crippen LogP contribution in [-0.2, 0) is 14.8 Å².